The van der Waals surface area contributed by atoms with Gasteiger partial charge in [-0.15, -0.1) is 0 Å². The first-order valence-electron chi connectivity index (χ1n) is 9.82. The van der Waals surface area contributed by atoms with Gasteiger partial charge >= 0.3 is 0 Å². The fourth-order valence-electron chi connectivity index (χ4n) is 3.44. The number of carbonyl (C=O) groups excluding carboxylic acids is 1. The molecule has 0 atom stereocenters. The van der Waals surface area contributed by atoms with Gasteiger partial charge in [0.2, 0.25) is 10.0 Å². The van der Waals surface area contributed by atoms with Gasteiger partial charge in [0.05, 0.1) is 19.1 Å². The summed E-state index contributed by atoms with van der Waals surface area (Å²) in [6, 6.07) is 9.59. The summed E-state index contributed by atoms with van der Waals surface area (Å²) in [6.07, 6.45) is 3.26. The van der Waals surface area contributed by atoms with E-state index in [0.29, 0.717) is 22.8 Å². The minimum Gasteiger partial charge on any atom is -0.493 e. The zero-order valence-corrected chi connectivity index (χ0v) is 18.4. The highest BCUT2D eigenvalue weighted by molar-refractivity contribution is 7.89. The highest BCUT2D eigenvalue weighted by atomic mass is 32.2. The largest absolute Gasteiger partial charge is 0.493 e. The van der Waals surface area contributed by atoms with Crippen molar-refractivity contribution in [1.29, 1.82) is 0 Å². The third-order valence-electron chi connectivity index (χ3n) is 5.19. The van der Waals surface area contributed by atoms with E-state index in [-0.39, 0.29) is 42.7 Å². The van der Waals surface area contributed by atoms with Crippen molar-refractivity contribution in [3.63, 3.8) is 0 Å². The van der Waals surface area contributed by atoms with Crippen LogP contribution in [-0.4, -0.2) is 74.1 Å². The molecule has 1 aliphatic heterocycles. The lowest BCUT2D eigenvalue weighted by molar-refractivity contribution is 0.0687. The molecule has 0 spiro atoms. The second-order valence-corrected chi connectivity index (χ2v) is 8.97. The van der Waals surface area contributed by atoms with E-state index in [1.165, 1.54) is 30.7 Å². The van der Waals surface area contributed by atoms with Gasteiger partial charge in [-0.05, 0) is 24.3 Å². The SMILES string of the molecule is COc1ccc(S(=O)(=O)N2CCN(C(=O)c3cc(-c4cccnc4)on3)CC2)cc1OC. The molecule has 1 aliphatic rings. The molecule has 11 heteroatoms. The Morgan fingerprint density at radius 2 is 1.78 bits per heavy atom. The van der Waals surface area contributed by atoms with Crippen molar-refractivity contribution in [2.24, 2.45) is 0 Å². The van der Waals surface area contributed by atoms with Crippen LogP contribution in [-0.2, 0) is 10.0 Å². The number of hydrogen-bond donors (Lipinski definition) is 0. The number of amides is 1. The molecule has 168 valence electrons. The average molecular weight is 458 g/mol. The van der Waals surface area contributed by atoms with Crippen molar-refractivity contribution < 1.29 is 27.2 Å². The molecule has 32 heavy (non-hydrogen) atoms. The van der Waals surface area contributed by atoms with E-state index < -0.39 is 10.0 Å². The smallest absolute Gasteiger partial charge is 0.276 e. The van der Waals surface area contributed by atoms with Crippen LogP contribution in [0.5, 0.6) is 11.5 Å². The number of pyridine rings is 1. The van der Waals surface area contributed by atoms with E-state index in [1.54, 1.807) is 41.6 Å². The van der Waals surface area contributed by atoms with Crippen molar-refractivity contribution in [2.75, 3.05) is 40.4 Å². The lowest BCUT2D eigenvalue weighted by Gasteiger charge is -2.33. The van der Waals surface area contributed by atoms with Gasteiger partial charge in [-0.25, -0.2) is 8.42 Å². The van der Waals surface area contributed by atoms with Crippen molar-refractivity contribution in [3.05, 3.63) is 54.5 Å². The molecule has 3 heterocycles. The van der Waals surface area contributed by atoms with Crippen LogP contribution in [0.25, 0.3) is 11.3 Å². The van der Waals surface area contributed by atoms with E-state index in [9.17, 15) is 13.2 Å². The molecule has 1 fully saturated rings. The molecule has 0 aliphatic carbocycles. The molecule has 1 amide bonds. The van der Waals surface area contributed by atoms with Crippen molar-refractivity contribution in [3.8, 4) is 22.8 Å². The molecule has 0 bridgehead atoms. The molecule has 10 nitrogen and oxygen atoms in total. The Balaban J connectivity index is 1.44. The second kappa shape index (κ2) is 8.97. The van der Waals surface area contributed by atoms with Gasteiger partial charge in [0.1, 0.15) is 0 Å². The van der Waals surface area contributed by atoms with E-state index in [0.717, 1.165) is 0 Å². The minimum absolute atomic E-state index is 0.104. The summed E-state index contributed by atoms with van der Waals surface area (Å²) >= 11 is 0. The predicted octanol–water partition coefficient (Wildman–Crippen LogP) is 1.90. The topological polar surface area (TPSA) is 115 Å². The second-order valence-electron chi connectivity index (χ2n) is 7.03. The number of nitrogens with zero attached hydrogens (tertiary/aromatic N) is 4. The molecular weight excluding hydrogens is 436 g/mol. The molecule has 4 rings (SSSR count). The van der Waals surface area contributed by atoms with Crippen LogP contribution in [0, 0.1) is 0 Å². The van der Waals surface area contributed by atoms with E-state index in [1.807, 2.05) is 0 Å². The van der Waals surface area contributed by atoms with Crippen LogP contribution in [0.2, 0.25) is 0 Å². The number of piperazine rings is 1. The Bertz CT molecular complexity index is 1200. The van der Waals surface area contributed by atoms with Crippen LogP contribution in [0.15, 0.2) is 58.2 Å². The maximum absolute atomic E-state index is 13.1. The Labute approximate surface area is 185 Å². The molecule has 0 radical (unpaired) electrons. The van der Waals surface area contributed by atoms with Crippen molar-refractivity contribution in [2.45, 2.75) is 4.90 Å². The third-order valence-corrected chi connectivity index (χ3v) is 7.09. The number of carbonyl (C=O) groups is 1. The molecule has 1 aromatic carbocycles. The van der Waals surface area contributed by atoms with Crippen LogP contribution in [0.3, 0.4) is 0 Å². The van der Waals surface area contributed by atoms with E-state index >= 15 is 0 Å². The van der Waals surface area contributed by atoms with Gasteiger partial charge in [-0.1, -0.05) is 5.16 Å². The number of benzene rings is 1. The maximum Gasteiger partial charge on any atom is 0.276 e. The summed E-state index contributed by atoms with van der Waals surface area (Å²) in [6.45, 7) is 0.798. The molecule has 1 saturated heterocycles. The number of ether oxygens (including phenoxy) is 2. The zero-order valence-electron chi connectivity index (χ0n) is 17.6. The number of methoxy groups -OCH3 is 2. The number of aromatic nitrogens is 2. The quantitative estimate of drug-likeness (QED) is 0.550. The van der Waals surface area contributed by atoms with Crippen molar-refractivity contribution >= 4 is 15.9 Å². The highest BCUT2D eigenvalue weighted by Crippen LogP contribution is 2.31. The summed E-state index contributed by atoms with van der Waals surface area (Å²) in [4.78, 5) is 18.5. The lowest BCUT2D eigenvalue weighted by Crippen LogP contribution is -2.50. The van der Waals surface area contributed by atoms with Crippen LogP contribution < -0.4 is 9.47 Å². The highest BCUT2D eigenvalue weighted by Gasteiger charge is 2.32. The summed E-state index contributed by atoms with van der Waals surface area (Å²) in [5.41, 5.74) is 0.880. The summed E-state index contributed by atoms with van der Waals surface area (Å²) < 4.78 is 43.1. The van der Waals surface area contributed by atoms with Crippen LogP contribution in [0.4, 0.5) is 0 Å². The third kappa shape index (κ3) is 4.16. The van der Waals surface area contributed by atoms with Crippen molar-refractivity contribution in [1.82, 2.24) is 19.3 Å². The average Bonchev–Trinajstić information content (AvgIpc) is 3.34. The fourth-order valence-corrected chi connectivity index (χ4v) is 4.88. The number of sulfonamides is 1. The number of hydrogen-bond acceptors (Lipinski definition) is 8. The van der Waals surface area contributed by atoms with Crippen LogP contribution in [0.1, 0.15) is 10.5 Å². The summed E-state index contributed by atoms with van der Waals surface area (Å²) in [7, 11) is -0.817. The predicted molar refractivity (Wildman–Crippen MR) is 114 cm³/mol. The summed E-state index contributed by atoms with van der Waals surface area (Å²) in [5, 5.41) is 3.87. The van der Waals surface area contributed by atoms with E-state index in [4.69, 9.17) is 14.0 Å². The normalized spacial score (nSPS) is 14.9. The Morgan fingerprint density at radius 1 is 1.03 bits per heavy atom. The molecule has 0 saturated carbocycles. The molecular formula is C21H22N4O6S. The molecule has 0 unspecified atom stereocenters. The first-order valence-corrected chi connectivity index (χ1v) is 11.3. The molecule has 0 N–H and O–H groups in total. The van der Waals surface area contributed by atoms with E-state index in [2.05, 4.69) is 10.1 Å². The minimum atomic E-state index is -3.75. The standard InChI is InChI=1S/C21H22N4O6S/c1-29-18-6-5-16(12-20(18)30-2)32(27,28)25-10-8-24(9-11-25)21(26)17-13-19(31-23-17)15-4-3-7-22-14-15/h3-7,12-14H,8-11H2,1-2H3. The van der Waals surface area contributed by atoms with Crippen LogP contribution >= 0.6 is 0 Å². The first-order chi connectivity index (χ1) is 15.4. The Hall–Kier alpha value is -3.44. The van der Waals surface area contributed by atoms with Gasteiger partial charge in [0, 0.05) is 56.3 Å². The Morgan fingerprint density at radius 3 is 2.44 bits per heavy atom. The fraction of sp³-hybridized carbons (Fsp3) is 0.286. The van der Waals surface area contributed by atoms with Gasteiger partial charge < -0.3 is 18.9 Å². The summed E-state index contributed by atoms with van der Waals surface area (Å²) in [5.74, 6) is 0.904. The lowest BCUT2D eigenvalue weighted by atomic mass is 10.2. The molecule has 3 aromatic rings. The first kappa shape index (κ1) is 21.8. The van der Waals surface area contributed by atoms with Gasteiger partial charge in [-0.3, -0.25) is 9.78 Å². The van der Waals surface area contributed by atoms with Gasteiger partial charge in [0.15, 0.2) is 23.0 Å². The van der Waals surface area contributed by atoms with Gasteiger partial charge in [0.25, 0.3) is 5.91 Å². The number of rotatable bonds is 6. The zero-order chi connectivity index (χ0) is 22.7. The van der Waals surface area contributed by atoms with Gasteiger partial charge in [-0.2, -0.15) is 4.31 Å². The molecule has 2 aromatic heterocycles. The maximum atomic E-state index is 13.1. The Kier molecular flexibility index (Phi) is 6.10. The monoisotopic (exact) mass is 458 g/mol.